The van der Waals surface area contributed by atoms with Gasteiger partial charge in [-0.2, -0.15) is 4.98 Å². The first-order valence-corrected chi connectivity index (χ1v) is 7.63. The van der Waals surface area contributed by atoms with E-state index in [4.69, 9.17) is 4.74 Å². The molecule has 2 aromatic rings. The molecule has 0 bridgehead atoms. The molecule has 1 aliphatic rings. The highest BCUT2D eigenvalue weighted by atomic mass is 16.5. The molecule has 1 heterocycles. The molecule has 2 N–H and O–H groups in total. The maximum Gasteiger partial charge on any atom is 0.224 e. The van der Waals surface area contributed by atoms with Gasteiger partial charge in [0.2, 0.25) is 5.95 Å². The molecule has 5 heteroatoms. The Morgan fingerprint density at radius 1 is 1.24 bits per heavy atom. The minimum atomic E-state index is 0.640. The van der Waals surface area contributed by atoms with E-state index >= 15 is 0 Å². The van der Waals surface area contributed by atoms with E-state index in [1.165, 1.54) is 12.8 Å². The average Bonchev–Trinajstić information content (AvgIpc) is 3.34. The van der Waals surface area contributed by atoms with Crippen LogP contribution < -0.4 is 10.6 Å². The Morgan fingerprint density at radius 2 is 2.10 bits per heavy atom. The van der Waals surface area contributed by atoms with Gasteiger partial charge in [-0.3, -0.25) is 0 Å². The van der Waals surface area contributed by atoms with Crippen LogP contribution in [0.4, 0.5) is 11.8 Å². The van der Waals surface area contributed by atoms with Crippen LogP contribution in [0.25, 0.3) is 10.9 Å². The predicted molar refractivity (Wildman–Crippen MR) is 85.7 cm³/mol. The number of hydrogen-bond acceptors (Lipinski definition) is 5. The Labute approximate surface area is 125 Å². The minimum Gasteiger partial charge on any atom is -0.381 e. The Balaban J connectivity index is 1.56. The predicted octanol–water partition coefficient (Wildman–Crippen LogP) is 2.90. The number of nitrogens with zero attached hydrogens (tertiary/aromatic N) is 2. The molecule has 0 radical (unpaired) electrons. The number of hydrogen-bond donors (Lipinski definition) is 2. The zero-order valence-corrected chi connectivity index (χ0v) is 12.4. The molecule has 1 saturated carbocycles. The summed E-state index contributed by atoms with van der Waals surface area (Å²) in [5, 5.41) is 7.45. The van der Waals surface area contributed by atoms with Crippen LogP contribution in [0.2, 0.25) is 0 Å². The Kier molecular flexibility index (Phi) is 4.50. The number of para-hydroxylation sites is 1. The maximum absolute atomic E-state index is 5.64. The highest BCUT2D eigenvalue weighted by Gasteiger charge is 2.20. The molecule has 0 amide bonds. The fourth-order valence-electron chi connectivity index (χ4n) is 2.24. The highest BCUT2D eigenvalue weighted by Crippen LogP contribution is 2.28. The summed E-state index contributed by atoms with van der Waals surface area (Å²) in [6.45, 7) is 2.60. The normalized spacial score (nSPS) is 14.3. The molecular weight excluding hydrogens is 264 g/mol. The smallest absolute Gasteiger partial charge is 0.224 e. The number of benzene rings is 1. The average molecular weight is 286 g/mol. The van der Waals surface area contributed by atoms with Crippen LogP contribution in [0, 0.1) is 5.92 Å². The fraction of sp³-hybridized carbons (Fsp3) is 0.500. The number of fused-ring (bicyclic) bond motifs is 1. The van der Waals surface area contributed by atoms with Gasteiger partial charge >= 0.3 is 0 Å². The molecule has 0 atom stereocenters. The van der Waals surface area contributed by atoms with Crippen LogP contribution in [-0.2, 0) is 4.74 Å². The van der Waals surface area contributed by atoms with Crippen molar-refractivity contribution in [2.24, 2.45) is 5.92 Å². The van der Waals surface area contributed by atoms with Gasteiger partial charge in [0.15, 0.2) is 0 Å². The van der Waals surface area contributed by atoms with Gasteiger partial charge in [0.25, 0.3) is 0 Å². The van der Waals surface area contributed by atoms with Gasteiger partial charge in [-0.25, -0.2) is 4.98 Å². The molecule has 3 rings (SSSR count). The standard InChI is InChI=1S/C16H22N4O/c1-17-16-19-14-6-3-2-5-13(14)15(20-16)18-9-4-10-21-11-12-7-8-12/h2-3,5-6,12H,4,7-11H2,1H3,(H2,17,18,19,20). The topological polar surface area (TPSA) is 59.1 Å². The van der Waals surface area contributed by atoms with Crippen molar-refractivity contribution in [2.75, 3.05) is 37.4 Å². The first-order chi connectivity index (χ1) is 10.4. The molecule has 0 aliphatic heterocycles. The van der Waals surface area contributed by atoms with Crippen molar-refractivity contribution in [2.45, 2.75) is 19.3 Å². The van der Waals surface area contributed by atoms with Crippen molar-refractivity contribution >= 4 is 22.7 Å². The summed E-state index contributed by atoms with van der Waals surface area (Å²) in [7, 11) is 1.83. The van der Waals surface area contributed by atoms with Crippen molar-refractivity contribution in [1.82, 2.24) is 9.97 Å². The van der Waals surface area contributed by atoms with Crippen molar-refractivity contribution < 1.29 is 4.74 Å². The largest absolute Gasteiger partial charge is 0.381 e. The fourth-order valence-corrected chi connectivity index (χ4v) is 2.24. The molecule has 0 saturated heterocycles. The van der Waals surface area contributed by atoms with Crippen LogP contribution >= 0.6 is 0 Å². The first-order valence-electron chi connectivity index (χ1n) is 7.63. The number of aromatic nitrogens is 2. The number of ether oxygens (including phenoxy) is 1. The van der Waals surface area contributed by atoms with Crippen LogP contribution in [0.1, 0.15) is 19.3 Å². The molecular formula is C16H22N4O. The van der Waals surface area contributed by atoms with E-state index in [2.05, 4.69) is 20.6 Å². The molecule has 1 aromatic carbocycles. The lowest BCUT2D eigenvalue weighted by atomic mass is 10.2. The molecule has 112 valence electrons. The minimum absolute atomic E-state index is 0.640. The Morgan fingerprint density at radius 3 is 2.90 bits per heavy atom. The third kappa shape index (κ3) is 3.82. The van der Waals surface area contributed by atoms with E-state index in [9.17, 15) is 0 Å². The van der Waals surface area contributed by atoms with Crippen LogP contribution in [0.3, 0.4) is 0 Å². The zero-order chi connectivity index (χ0) is 14.5. The third-order valence-electron chi connectivity index (χ3n) is 3.64. The molecule has 0 unspecified atom stereocenters. The van der Waals surface area contributed by atoms with E-state index in [0.29, 0.717) is 5.95 Å². The molecule has 1 aromatic heterocycles. The summed E-state index contributed by atoms with van der Waals surface area (Å²) < 4.78 is 5.64. The van der Waals surface area contributed by atoms with Gasteiger partial charge in [-0.15, -0.1) is 0 Å². The third-order valence-corrected chi connectivity index (χ3v) is 3.64. The summed E-state index contributed by atoms with van der Waals surface area (Å²) in [6, 6.07) is 8.04. The second-order valence-corrected chi connectivity index (χ2v) is 5.46. The molecule has 0 spiro atoms. The summed E-state index contributed by atoms with van der Waals surface area (Å²) in [5.74, 6) is 2.36. The lowest BCUT2D eigenvalue weighted by Gasteiger charge is -2.10. The van der Waals surface area contributed by atoms with Crippen molar-refractivity contribution in [1.29, 1.82) is 0 Å². The van der Waals surface area contributed by atoms with E-state index in [0.717, 1.165) is 48.8 Å². The summed E-state index contributed by atoms with van der Waals surface area (Å²) in [5.41, 5.74) is 0.948. The van der Waals surface area contributed by atoms with Gasteiger partial charge in [0.1, 0.15) is 5.82 Å². The first kappa shape index (κ1) is 14.1. The van der Waals surface area contributed by atoms with Crippen LogP contribution in [0.5, 0.6) is 0 Å². The Bertz CT molecular complexity index is 598. The molecule has 5 nitrogen and oxygen atoms in total. The van der Waals surface area contributed by atoms with Crippen molar-refractivity contribution in [3.8, 4) is 0 Å². The monoisotopic (exact) mass is 286 g/mol. The van der Waals surface area contributed by atoms with E-state index in [1.54, 1.807) is 0 Å². The number of anilines is 2. The number of rotatable bonds is 8. The van der Waals surface area contributed by atoms with Crippen LogP contribution in [0.15, 0.2) is 24.3 Å². The van der Waals surface area contributed by atoms with Gasteiger partial charge in [0.05, 0.1) is 5.52 Å². The SMILES string of the molecule is CNc1nc(NCCCOCC2CC2)c2ccccc2n1. The van der Waals surface area contributed by atoms with E-state index < -0.39 is 0 Å². The van der Waals surface area contributed by atoms with Gasteiger partial charge in [-0.05, 0) is 37.3 Å². The Hall–Kier alpha value is -1.88. The maximum atomic E-state index is 5.64. The molecule has 1 fully saturated rings. The summed E-state index contributed by atoms with van der Waals surface area (Å²) in [4.78, 5) is 8.95. The number of nitrogens with one attached hydrogen (secondary N) is 2. The highest BCUT2D eigenvalue weighted by molar-refractivity contribution is 5.89. The van der Waals surface area contributed by atoms with Crippen molar-refractivity contribution in [3.63, 3.8) is 0 Å². The van der Waals surface area contributed by atoms with Gasteiger partial charge < -0.3 is 15.4 Å². The summed E-state index contributed by atoms with van der Waals surface area (Å²) in [6.07, 6.45) is 3.68. The second kappa shape index (κ2) is 6.72. The van der Waals surface area contributed by atoms with E-state index in [1.807, 2.05) is 31.3 Å². The summed E-state index contributed by atoms with van der Waals surface area (Å²) >= 11 is 0. The van der Waals surface area contributed by atoms with Crippen LogP contribution in [-0.4, -0.2) is 36.8 Å². The molecule has 21 heavy (non-hydrogen) atoms. The lowest BCUT2D eigenvalue weighted by Crippen LogP contribution is -2.09. The van der Waals surface area contributed by atoms with Crippen molar-refractivity contribution in [3.05, 3.63) is 24.3 Å². The van der Waals surface area contributed by atoms with E-state index in [-0.39, 0.29) is 0 Å². The second-order valence-electron chi connectivity index (χ2n) is 5.46. The lowest BCUT2D eigenvalue weighted by molar-refractivity contribution is 0.124. The van der Waals surface area contributed by atoms with Gasteiger partial charge in [0, 0.05) is 32.2 Å². The van der Waals surface area contributed by atoms with Gasteiger partial charge in [-0.1, -0.05) is 12.1 Å². The zero-order valence-electron chi connectivity index (χ0n) is 12.4. The quantitative estimate of drug-likeness (QED) is 0.731. The molecule has 1 aliphatic carbocycles.